The van der Waals surface area contributed by atoms with Crippen molar-refractivity contribution in [3.05, 3.63) is 29.8 Å². The van der Waals surface area contributed by atoms with Crippen LogP contribution in [0.25, 0.3) is 0 Å². The summed E-state index contributed by atoms with van der Waals surface area (Å²) in [6, 6.07) is 7.27. The second-order valence-corrected chi connectivity index (χ2v) is 5.11. The van der Waals surface area contributed by atoms with Crippen molar-refractivity contribution in [2.45, 2.75) is 20.0 Å². The number of hydrogen-bond acceptors (Lipinski definition) is 5. The van der Waals surface area contributed by atoms with E-state index in [1.807, 2.05) is 19.1 Å². The molecule has 0 spiro atoms. The van der Waals surface area contributed by atoms with Gasteiger partial charge < -0.3 is 19.7 Å². The number of amides is 2. The van der Waals surface area contributed by atoms with Crippen LogP contribution >= 0.6 is 0 Å². The Bertz CT molecular complexity index is 573. The van der Waals surface area contributed by atoms with Gasteiger partial charge >= 0.3 is 5.97 Å². The van der Waals surface area contributed by atoms with Crippen LogP contribution in [0.3, 0.4) is 0 Å². The molecule has 0 aliphatic rings. The summed E-state index contributed by atoms with van der Waals surface area (Å²) >= 11 is 0. The first-order valence-corrected chi connectivity index (χ1v) is 7.18. The van der Waals surface area contributed by atoms with Crippen molar-refractivity contribution in [3.63, 3.8) is 0 Å². The van der Waals surface area contributed by atoms with E-state index in [0.29, 0.717) is 5.75 Å². The number of likely N-dealkylation sites (N-methyl/N-ethyl adjacent to an activating group) is 2. The highest BCUT2D eigenvalue weighted by Gasteiger charge is 2.19. The van der Waals surface area contributed by atoms with Crippen molar-refractivity contribution in [1.82, 2.24) is 10.2 Å². The third-order valence-electron chi connectivity index (χ3n) is 3.06. The molecule has 0 bridgehead atoms. The van der Waals surface area contributed by atoms with Crippen LogP contribution in [-0.4, -0.2) is 56.0 Å². The highest BCUT2D eigenvalue weighted by Crippen LogP contribution is 2.14. The fraction of sp³-hybridized carbons (Fsp3) is 0.438. The maximum atomic E-state index is 11.8. The van der Waals surface area contributed by atoms with E-state index in [9.17, 15) is 14.4 Å². The minimum Gasteiger partial charge on any atom is -0.479 e. The second-order valence-electron chi connectivity index (χ2n) is 5.11. The lowest BCUT2D eigenvalue weighted by atomic mass is 10.2. The van der Waals surface area contributed by atoms with Crippen molar-refractivity contribution in [2.24, 2.45) is 0 Å². The lowest BCUT2D eigenvalue weighted by Crippen LogP contribution is -2.39. The van der Waals surface area contributed by atoms with Gasteiger partial charge in [0, 0.05) is 14.1 Å². The highest BCUT2D eigenvalue weighted by atomic mass is 16.6. The topological polar surface area (TPSA) is 84.9 Å². The van der Waals surface area contributed by atoms with Crippen molar-refractivity contribution in [3.8, 4) is 5.75 Å². The molecule has 1 rings (SSSR count). The minimum absolute atomic E-state index is 0.0950. The van der Waals surface area contributed by atoms with Gasteiger partial charge in [-0.05, 0) is 31.5 Å². The average Bonchev–Trinajstić information content (AvgIpc) is 2.51. The molecule has 1 aromatic carbocycles. The largest absolute Gasteiger partial charge is 0.479 e. The number of ether oxygens (including phenoxy) is 2. The molecule has 7 nitrogen and oxygen atoms in total. The Hall–Kier alpha value is -2.57. The smallest absolute Gasteiger partial charge is 0.347 e. The number of benzene rings is 1. The van der Waals surface area contributed by atoms with Gasteiger partial charge in [0.15, 0.2) is 12.7 Å². The number of carbonyl (C=O) groups is 3. The molecule has 0 fully saturated rings. The first-order chi connectivity index (χ1) is 10.8. The number of carbonyl (C=O) groups excluding carboxylic acids is 3. The van der Waals surface area contributed by atoms with Crippen LogP contribution in [0.5, 0.6) is 5.75 Å². The molecule has 0 unspecified atom stereocenters. The summed E-state index contributed by atoms with van der Waals surface area (Å²) in [7, 11) is 2.93. The Balaban J connectivity index is 2.43. The van der Waals surface area contributed by atoms with Crippen LogP contribution in [0, 0.1) is 6.92 Å². The zero-order valence-corrected chi connectivity index (χ0v) is 13.8. The normalized spacial score (nSPS) is 11.3. The number of esters is 1. The van der Waals surface area contributed by atoms with Crippen LogP contribution < -0.4 is 10.1 Å². The van der Waals surface area contributed by atoms with Gasteiger partial charge in [-0.1, -0.05) is 12.1 Å². The minimum atomic E-state index is -0.839. The first kappa shape index (κ1) is 18.5. The van der Waals surface area contributed by atoms with E-state index < -0.39 is 24.6 Å². The van der Waals surface area contributed by atoms with E-state index in [0.717, 1.165) is 5.56 Å². The maximum absolute atomic E-state index is 11.8. The van der Waals surface area contributed by atoms with E-state index in [4.69, 9.17) is 9.47 Å². The molecule has 0 aliphatic heterocycles. The maximum Gasteiger partial charge on any atom is 0.347 e. The van der Waals surface area contributed by atoms with Crippen molar-refractivity contribution in [2.75, 3.05) is 27.2 Å². The van der Waals surface area contributed by atoms with Gasteiger partial charge in [-0.3, -0.25) is 9.59 Å². The molecule has 7 heteroatoms. The van der Waals surface area contributed by atoms with Crippen molar-refractivity contribution < 1.29 is 23.9 Å². The quantitative estimate of drug-likeness (QED) is 0.739. The summed E-state index contributed by atoms with van der Waals surface area (Å²) < 4.78 is 10.4. The van der Waals surface area contributed by atoms with E-state index in [1.165, 1.54) is 19.0 Å². The first-order valence-electron chi connectivity index (χ1n) is 7.18. The molecular weight excluding hydrogens is 300 g/mol. The van der Waals surface area contributed by atoms with E-state index in [2.05, 4.69) is 5.32 Å². The summed E-state index contributed by atoms with van der Waals surface area (Å²) in [6.45, 7) is 2.93. The molecule has 1 N–H and O–H groups in total. The molecule has 0 radical (unpaired) electrons. The van der Waals surface area contributed by atoms with Crippen molar-refractivity contribution in [1.29, 1.82) is 0 Å². The Kier molecular flexibility index (Phi) is 7.05. The Morgan fingerprint density at radius 2 is 2.00 bits per heavy atom. The fourth-order valence-corrected chi connectivity index (χ4v) is 1.68. The van der Waals surface area contributed by atoms with Gasteiger partial charge in [0.25, 0.3) is 5.91 Å². The van der Waals surface area contributed by atoms with Gasteiger partial charge in [0.05, 0.1) is 6.54 Å². The summed E-state index contributed by atoms with van der Waals surface area (Å²) in [4.78, 5) is 35.9. The molecule has 0 aromatic heterocycles. The zero-order valence-electron chi connectivity index (χ0n) is 13.8. The zero-order chi connectivity index (χ0) is 17.4. The Labute approximate surface area is 135 Å². The van der Waals surface area contributed by atoms with Crippen molar-refractivity contribution >= 4 is 17.8 Å². The molecule has 0 saturated carbocycles. The lowest BCUT2D eigenvalue weighted by molar-refractivity contribution is -0.157. The number of nitrogens with zero attached hydrogens (tertiary/aromatic N) is 1. The standard InChI is InChI=1S/C16H22N2O5/c1-11-6-5-7-13(8-11)23-12(2)16(21)22-10-15(20)18(4)9-14(19)17-3/h5-8,12H,9-10H2,1-4H3,(H,17,19)/t12-/m0/s1. The highest BCUT2D eigenvalue weighted by molar-refractivity contribution is 5.86. The van der Waals surface area contributed by atoms with Gasteiger partial charge in [-0.25, -0.2) is 4.79 Å². The lowest BCUT2D eigenvalue weighted by Gasteiger charge is -2.17. The molecule has 0 aliphatic carbocycles. The third kappa shape index (κ3) is 6.37. The number of hydrogen-bond donors (Lipinski definition) is 1. The third-order valence-corrected chi connectivity index (χ3v) is 3.06. The molecule has 2 amide bonds. The molecular formula is C16H22N2O5. The molecule has 0 heterocycles. The molecule has 1 aromatic rings. The number of rotatable bonds is 7. The molecule has 23 heavy (non-hydrogen) atoms. The van der Waals surface area contributed by atoms with Gasteiger partial charge in [0.1, 0.15) is 5.75 Å². The summed E-state index contributed by atoms with van der Waals surface area (Å²) in [5.41, 5.74) is 1.01. The van der Waals surface area contributed by atoms with E-state index in [1.54, 1.807) is 19.1 Å². The van der Waals surface area contributed by atoms with Gasteiger partial charge in [-0.2, -0.15) is 0 Å². The predicted octanol–water partition coefficient (Wildman–Crippen LogP) is 0.510. The van der Waals surface area contributed by atoms with Crippen LogP contribution in [-0.2, 0) is 19.1 Å². The molecule has 0 saturated heterocycles. The summed E-state index contributed by atoms with van der Waals surface area (Å²) in [6.07, 6.45) is -0.839. The monoisotopic (exact) mass is 322 g/mol. The van der Waals surface area contributed by atoms with Gasteiger partial charge in [0.2, 0.25) is 5.91 Å². The molecule has 126 valence electrons. The average molecular weight is 322 g/mol. The number of nitrogens with one attached hydrogen (secondary N) is 1. The molecule has 1 atom stereocenters. The fourth-order valence-electron chi connectivity index (χ4n) is 1.68. The van der Waals surface area contributed by atoms with Crippen LogP contribution in [0.4, 0.5) is 0 Å². The second kappa shape index (κ2) is 8.77. The summed E-state index contributed by atoms with van der Waals surface area (Å²) in [5.74, 6) is -0.862. The van der Waals surface area contributed by atoms with Crippen LogP contribution in [0.2, 0.25) is 0 Å². The number of aryl methyl sites for hydroxylation is 1. The SMILES string of the molecule is CNC(=O)CN(C)C(=O)COC(=O)[C@H](C)Oc1cccc(C)c1. The van der Waals surface area contributed by atoms with Crippen LogP contribution in [0.1, 0.15) is 12.5 Å². The van der Waals surface area contributed by atoms with E-state index in [-0.39, 0.29) is 12.5 Å². The van der Waals surface area contributed by atoms with Gasteiger partial charge in [-0.15, -0.1) is 0 Å². The Morgan fingerprint density at radius 3 is 2.61 bits per heavy atom. The predicted molar refractivity (Wildman–Crippen MR) is 83.9 cm³/mol. The van der Waals surface area contributed by atoms with E-state index >= 15 is 0 Å². The summed E-state index contributed by atoms with van der Waals surface area (Å²) in [5, 5.41) is 2.41. The van der Waals surface area contributed by atoms with Crippen LogP contribution in [0.15, 0.2) is 24.3 Å². The Morgan fingerprint density at radius 1 is 1.30 bits per heavy atom.